The lowest BCUT2D eigenvalue weighted by atomic mass is 10.1. The molecule has 0 amide bonds. The third-order valence-corrected chi connectivity index (χ3v) is 7.34. The number of hydrogen-bond acceptors (Lipinski definition) is 6. The molecule has 9 nitrogen and oxygen atoms in total. The van der Waals surface area contributed by atoms with Crippen LogP contribution in [0.25, 0.3) is 17.1 Å². The van der Waals surface area contributed by atoms with Gasteiger partial charge in [0.25, 0.3) is 0 Å². The van der Waals surface area contributed by atoms with Crippen molar-refractivity contribution in [1.29, 1.82) is 0 Å². The van der Waals surface area contributed by atoms with Gasteiger partial charge in [0, 0.05) is 63.4 Å². The number of fused-ring (bicyclic) bond motifs is 1. The number of carboxylic acid groups (broad SMARTS) is 2. The fraction of sp³-hybridized carbons (Fsp3) is 0.257. The van der Waals surface area contributed by atoms with Gasteiger partial charge in [0.05, 0.1) is 17.6 Å². The molecule has 1 fully saturated rings. The van der Waals surface area contributed by atoms with Gasteiger partial charge < -0.3 is 14.8 Å². The van der Waals surface area contributed by atoms with E-state index in [1.807, 2.05) is 49.4 Å². The van der Waals surface area contributed by atoms with Gasteiger partial charge in [-0.05, 0) is 24.6 Å². The number of para-hydroxylation sites is 2. The second-order valence-electron chi connectivity index (χ2n) is 10.6. The number of aliphatic carboxylic acids is 2. The lowest BCUT2D eigenvalue weighted by molar-refractivity contribution is -0.134. The van der Waals surface area contributed by atoms with Crippen LogP contribution in [-0.2, 0) is 22.7 Å². The predicted molar refractivity (Wildman–Crippen MR) is 171 cm³/mol. The number of aryl methyl sites for hydroxylation is 2. The van der Waals surface area contributed by atoms with E-state index in [1.54, 1.807) is 0 Å². The van der Waals surface area contributed by atoms with Gasteiger partial charge in [-0.15, -0.1) is 0 Å². The summed E-state index contributed by atoms with van der Waals surface area (Å²) in [5, 5.41) is 15.6. The number of carboxylic acids is 2. The highest BCUT2D eigenvalue weighted by molar-refractivity contribution is 5.96. The monoisotopic (exact) mass is 594 g/mol. The number of hydrogen-bond donors (Lipinski definition) is 2. The van der Waals surface area contributed by atoms with Crippen molar-refractivity contribution < 1.29 is 24.6 Å². The largest absolute Gasteiger partial charge is 0.478 e. The second-order valence-corrected chi connectivity index (χ2v) is 10.6. The van der Waals surface area contributed by atoms with E-state index in [-0.39, 0.29) is 5.78 Å². The summed E-state index contributed by atoms with van der Waals surface area (Å²) in [4.78, 5) is 41.9. The molecule has 1 aliphatic heterocycles. The average Bonchev–Trinajstić information content (AvgIpc) is 3.37. The van der Waals surface area contributed by atoms with Crippen LogP contribution in [-0.4, -0.2) is 80.0 Å². The summed E-state index contributed by atoms with van der Waals surface area (Å²) in [6.07, 6.45) is 6.05. The Bertz CT molecular complexity index is 1590. The number of imidazole rings is 1. The van der Waals surface area contributed by atoms with Crippen molar-refractivity contribution in [3.63, 3.8) is 0 Å². The van der Waals surface area contributed by atoms with E-state index in [1.165, 1.54) is 11.1 Å². The van der Waals surface area contributed by atoms with Gasteiger partial charge in [0.2, 0.25) is 0 Å². The van der Waals surface area contributed by atoms with Crippen LogP contribution in [0.1, 0.15) is 33.7 Å². The topological polar surface area (TPSA) is 116 Å². The van der Waals surface area contributed by atoms with Crippen molar-refractivity contribution >= 4 is 34.8 Å². The van der Waals surface area contributed by atoms with Crippen molar-refractivity contribution in [3.8, 4) is 0 Å². The maximum absolute atomic E-state index is 12.8. The molecule has 1 saturated heterocycles. The van der Waals surface area contributed by atoms with Gasteiger partial charge in [0.1, 0.15) is 5.82 Å². The number of Topliss-reactive ketones (excluding diaryl/α,β-unsaturated/α-hetero) is 1. The predicted octanol–water partition coefficient (Wildman–Crippen LogP) is 5.16. The molecule has 2 heterocycles. The van der Waals surface area contributed by atoms with Crippen molar-refractivity contribution in [2.24, 2.45) is 0 Å². The van der Waals surface area contributed by atoms with Gasteiger partial charge in [-0.3, -0.25) is 14.6 Å². The maximum Gasteiger partial charge on any atom is 0.328 e. The van der Waals surface area contributed by atoms with E-state index in [9.17, 15) is 14.4 Å². The van der Waals surface area contributed by atoms with Crippen molar-refractivity contribution in [1.82, 2.24) is 19.4 Å². The molecule has 0 spiro atoms. The van der Waals surface area contributed by atoms with E-state index in [0.717, 1.165) is 61.7 Å². The molecular formula is C35H38N4O5. The van der Waals surface area contributed by atoms with Crippen LogP contribution in [0.5, 0.6) is 0 Å². The lowest BCUT2D eigenvalue weighted by Crippen LogP contribution is -2.46. The van der Waals surface area contributed by atoms with E-state index in [2.05, 4.69) is 62.9 Å². The number of carbonyl (C=O) groups is 3. The Kier molecular flexibility index (Phi) is 11.7. The molecule has 0 aliphatic carbocycles. The van der Waals surface area contributed by atoms with Gasteiger partial charge >= 0.3 is 11.9 Å². The van der Waals surface area contributed by atoms with Gasteiger partial charge in [-0.25, -0.2) is 14.6 Å². The molecule has 5 rings (SSSR count). The van der Waals surface area contributed by atoms with Crippen LogP contribution in [0.2, 0.25) is 0 Å². The molecule has 9 heteroatoms. The summed E-state index contributed by atoms with van der Waals surface area (Å²) in [7, 11) is 0. The Morgan fingerprint density at radius 1 is 0.795 bits per heavy atom. The lowest BCUT2D eigenvalue weighted by Gasteiger charge is -2.34. The molecule has 3 aromatic carbocycles. The Morgan fingerprint density at radius 3 is 2.07 bits per heavy atom. The van der Waals surface area contributed by atoms with Crippen LogP contribution in [0.4, 0.5) is 0 Å². The normalized spacial score (nSPS) is 14.1. The fourth-order valence-corrected chi connectivity index (χ4v) is 4.97. The zero-order valence-electron chi connectivity index (χ0n) is 24.9. The third-order valence-electron chi connectivity index (χ3n) is 7.34. The number of aromatic nitrogens is 2. The first kappa shape index (κ1) is 32.1. The summed E-state index contributed by atoms with van der Waals surface area (Å²) in [5.74, 6) is -1.29. The molecule has 1 aliphatic rings. The van der Waals surface area contributed by atoms with Crippen LogP contribution in [0.3, 0.4) is 0 Å². The first-order valence-corrected chi connectivity index (χ1v) is 14.6. The van der Waals surface area contributed by atoms with Crippen molar-refractivity contribution in [3.05, 3.63) is 120 Å². The summed E-state index contributed by atoms with van der Waals surface area (Å²) >= 11 is 0. The number of piperazine rings is 1. The first-order chi connectivity index (χ1) is 21.3. The smallest absolute Gasteiger partial charge is 0.328 e. The van der Waals surface area contributed by atoms with Crippen molar-refractivity contribution in [2.75, 3.05) is 32.7 Å². The molecule has 1 aromatic heterocycles. The number of ketones is 1. The standard InChI is InChI=1S/C31H34N4O.C4H4O4/c1-25-13-15-27(16-14-25)30(36)17-19-35-29-12-6-5-11-28(29)32-31(35)24-34-22-20-33(21-23-34)18-7-10-26-8-3-2-4-9-26;5-3(6)1-2-4(7)8/h2-16H,17-24H2,1H3;1-2H,(H,5,6)(H,7,8). The van der Waals surface area contributed by atoms with E-state index >= 15 is 0 Å². The Balaban J connectivity index is 0.000000488. The highest BCUT2D eigenvalue weighted by Crippen LogP contribution is 2.19. The number of rotatable bonds is 11. The molecule has 0 unspecified atom stereocenters. The molecule has 44 heavy (non-hydrogen) atoms. The molecule has 0 radical (unpaired) electrons. The van der Waals surface area contributed by atoms with Gasteiger partial charge in [-0.2, -0.15) is 0 Å². The Labute approximate surface area is 257 Å². The summed E-state index contributed by atoms with van der Waals surface area (Å²) in [5.41, 5.74) is 5.30. The van der Waals surface area contributed by atoms with Crippen LogP contribution in [0, 0.1) is 6.92 Å². The summed E-state index contributed by atoms with van der Waals surface area (Å²) in [6, 6.07) is 26.6. The summed E-state index contributed by atoms with van der Waals surface area (Å²) < 4.78 is 2.25. The number of benzene rings is 3. The van der Waals surface area contributed by atoms with Crippen molar-refractivity contribution in [2.45, 2.75) is 26.4 Å². The van der Waals surface area contributed by atoms with Gasteiger partial charge in [0.15, 0.2) is 5.78 Å². The second kappa shape index (κ2) is 16.1. The fourth-order valence-electron chi connectivity index (χ4n) is 4.97. The van der Waals surface area contributed by atoms with E-state index < -0.39 is 11.9 Å². The molecule has 0 saturated carbocycles. The molecular weight excluding hydrogens is 556 g/mol. The highest BCUT2D eigenvalue weighted by Gasteiger charge is 2.20. The Hall–Kier alpha value is -4.86. The molecule has 2 N–H and O–H groups in total. The average molecular weight is 595 g/mol. The Morgan fingerprint density at radius 2 is 1.41 bits per heavy atom. The number of carbonyl (C=O) groups excluding carboxylic acids is 1. The minimum atomic E-state index is -1.26. The highest BCUT2D eigenvalue weighted by atomic mass is 16.4. The van der Waals surface area contributed by atoms with Crippen LogP contribution in [0.15, 0.2) is 97.1 Å². The third kappa shape index (κ3) is 9.86. The molecule has 4 aromatic rings. The molecule has 228 valence electrons. The number of nitrogens with zero attached hydrogens (tertiary/aromatic N) is 4. The first-order valence-electron chi connectivity index (χ1n) is 14.6. The zero-order chi connectivity index (χ0) is 31.3. The van der Waals surface area contributed by atoms with E-state index in [4.69, 9.17) is 15.2 Å². The van der Waals surface area contributed by atoms with E-state index in [0.29, 0.717) is 25.1 Å². The summed E-state index contributed by atoms with van der Waals surface area (Å²) in [6.45, 7) is 8.60. The maximum atomic E-state index is 12.8. The minimum Gasteiger partial charge on any atom is -0.478 e. The minimum absolute atomic E-state index is 0.177. The molecule has 0 bridgehead atoms. The SMILES string of the molecule is Cc1ccc(C(=O)CCn2c(CN3CCN(CC=Cc4ccccc4)CC3)nc3ccccc32)cc1.O=C(O)C=CC(=O)O. The zero-order valence-corrected chi connectivity index (χ0v) is 24.9. The van der Waals surface area contributed by atoms with Crippen LogP contribution < -0.4 is 0 Å². The van der Waals surface area contributed by atoms with Gasteiger partial charge in [-0.1, -0.05) is 84.4 Å². The molecule has 0 atom stereocenters. The quantitative estimate of drug-likeness (QED) is 0.181. The van der Waals surface area contributed by atoms with Crippen LogP contribution >= 0.6 is 0 Å².